The molecule has 7 heteroatoms. The molecule has 0 spiro atoms. The number of benzene rings is 1. The number of nitrogens with zero attached hydrogens (tertiary/aromatic N) is 2. The molecule has 2 N–H and O–H groups in total. The summed E-state index contributed by atoms with van der Waals surface area (Å²) in [6, 6.07) is 4.24. The highest BCUT2D eigenvalue weighted by Crippen LogP contribution is 2.33. The summed E-state index contributed by atoms with van der Waals surface area (Å²) in [6.45, 7) is 0.316. The lowest BCUT2D eigenvalue weighted by atomic mass is 10.2. The van der Waals surface area contributed by atoms with Gasteiger partial charge in [-0.25, -0.2) is 0 Å². The van der Waals surface area contributed by atoms with Crippen molar-refractivity contribution in [1.29, 1.82) is 0 Å². The lowest BCUT2D eigenvalue weighted by Gasteiger charge is -2.16. The summed E-state index contributed by atoms with van der Waals surface area (Å²) in [7, 11) is 0. The fourth-order valence-electron chi connectivity index (χ4n) is 1.84. The van der Waals surface area contributed by atoms with Crippen LogP contribution < -0.4 is 10.6 Å². The Balaban J connectivity index is 2.46. The molecule has 17 heavy (non-hydrogen) atoms. The number of rotatable bonds is 2. The van der Waals surface area contributed by atoms with Crippen LogP contribution in [0.25, 0.3) is 0 Å². The zero-order chi connectivity index (χ0) is 12.6. The molecule has 1 heterocycles. The van der Waals surface area contributed by atoms with Crippen LogP contribution in [0.5, 0.6) is 0 Å². The van der Waals surface area contributed by atoms with Crippen LogP contribution in [-0.2, 0) is 4.79 Å². The van der Waals surface area contributed by atoms with Gasteiger partial charge in [0.1, 0.15) is 5.69 Å². The second-order valence-electron chi connectivity index (χ2n) is 3.86. The number of nitro benzene ring substituents is 1. The molecule has 1 aromatic carbocycles. The maximum absolute atomic E-state index is 11.7. The third-order valence-corrected chi connectivity index (χ3v) is 3.07. The first-order valence-electron chi connectivity index (χ1n) is 4.99. The van der Waals surface area contributed by atoms with Crippen LogP contribution >= 0.6 is 15.9 Å². The summed E-state index contributed by atoms with van der Waals surface area (Å²) < 4.78 is 0.686. The van der Waals surface area contributed by atoms with E-state index < -0.39 is 4.92 Å². The van der Waals surface area contributed by atoms with E-state index in [9.17, 15) is 14.9 Å². The van der Waals surface area contributed by atoms with Crippen molar-refractivity contribution in [1.82, 2.24) is 0 Å². The van der Waals surface area contributed by atoms with Crippen molar-refractivity contribution in [2.24, 2.45) is 5.73 Å². The molecular formula is C10H10BrN3O3. The van der Waals surface area contributed by atoms with Gasteiger partial charge in [0.15, 0.2) is 0 Å². The number of amides is 1. The van der Waals surface area contributed by atoms with Crippen molar-refractivity contribution >= 4 is 33.2 Å². The molecule has 0 radical (unpaired) electrons. The topological polar surface area (TPSA) is 89.5 Å². The van der Waals surface area contributed by atoms with Gasteiger partial charge in [-0.15, -0.1) is 0 Å². The van der Waals surface area contributed by atoms with Gasteiger partial charge in [-0.05, 0) is 12.1 Å². The van der Waals surface area contributed by atoms with Crippen molar-refractivity contribution in [3.63, 3.8) is 0 Å². The van der Waals surface area contributed by atoms with E-state index in [0.717, 1.165) is 0 Å². The van der Waals surface area contributed by atoms with Gasteiger partial charge in [-0.3, -0.25) is 14.9 Å². The summed E-state index contributed by atoms with van der Waals surface area (Å²) in [5, 5.41) is 10.9. The zero-order valence-electron chi connectivity index (χ0n) is 8.80. The minimum atomic E-state index is -0.501. The van der Waals surface area contributed by atoms with Gasteiger partial charge >= 0.3 is 0 Å². The second-order valence-corrected chi connectivity index (χ2v) is 4.77. The zero-order valence-corrected chi connectivity index (χ0v) is 10.4. The number of carbonyl (C=O) groups is 1. The van der Waals surface area contributed by atoms with Gasteiger partial charge in [0.25, 0.3) is 5.69 Å². The Labute approximate surface area is 106 Å². The van der Waals surface area contributed by atoms with E-state index in [1.165, 1.54) is 11.0 Å². The van der Waals surface area contributed by atoms with Crippen LogP contribution in [0.15, 0.2) is 22.7 Å². The normalized spacial score (nSPS) is 19.8. The fraction of sp³-hybridized carbons (Fsp3) is 0.300. The minimum absolute atomic E-state index is 0.0874. The van der Waals surface area contributed by atoms with Crippen LogP contribution in [0, 0.1) is 10.1 Å². The second kappa shape index (κ2) is 4.42. The Hall–Kier alpha value is -1.47. The van der Waals surface area contributed by atoms with Crippen molar-refractivity contribution < 1.29 is 9.72 Å². The van der Waals surface area contributed by atoms with Crippen molar-refractivity contribution in [2.45, 2.75) is 12.5 Å². The highest BCUT2D eigenvalue weighted by atomic mass is 79.9. The molecule has 0 aliphatic carbocycles. The molecule has 90 valence electrons. The van der Waals surface area contributed by atoms with E-state index in [1.807, 2.05) is 0 Å². The SMILES string of the molecule is NC1CC(=O)N(c2cc(Br)ccc2[N+](=O)[O-])C1. The highest BCUT2D eigenvalue weighted by Gasteiger charge is 2.32. The average Bonchev–Trinajstić information content (AvgIpc) is 2.57. The molecule has 2 rings (SSSR count). The third-order valence-electron chi connectivity index (χ3n) is 2.58. The molecule has 6 nitrogen and oxygen atoms in total. The van der Waals surface area contributed by atoms with Gasteiger partial charge in [-0.2, -0.15) is 0 Å². The van der Waals surface area contributed by atoms with E-state index in [-0.39, 0.29) is 24.1 Å². The molecule has 1 atom stereocenters. The summed E-state index contributed by atoms with van der Waals surface area (Å²) in [5.74, 6) is -0.182. The standard InChI is InChI=1S/C10H10BrN3O3/c11-6-1-2-8(14(16)17)9(3-6)13-5-7(12)4-10(13)15/h1-3,7H,4-5,12H2. The van der Waals surface area contributed by atoms with Gasteiger partial charge in [0.05, 0.1) is 4.92 Å². The van der Waals surface area contributed by atoms with Gasteiger partial charge < -0.3 is 10.6 Å². The number of nitro groups is 1. The quantitative estimate of drug-likeness (QED) is 0.660. The monoisotopic (exact) mass is 299 g/mol. The van der Waals surface area contributed by atoms with Crippen molar-refractivity contribution in [2.75, 3.05) is 11.4 Å². The minimum Gasteiger partial charge on any atom is -0.326 e. The number of halogens is 1. The number of hydrogen-bond acceptors (Lipinski definition) is 4. The van der Waals surface area contributed by atoms with Crippen LogP contribution in [-0.4, -0.2) is 23.4 Å². The lowest BCUT2D eigenvalue weighted by Crippen LogP contribution is -2.28. The molecule has 1 amide bonds. The summed E-state index contributed by atoms with van der Waals surface area (Å²) >= 11 is 3.24. The van der Waals surface area contributed by atoms with Crippen LogP contribution in [0.3, 0.4) is 0 Å². The molecule has 1 aliphatic rings. The maximum atomic E-state index is 11.7. The van der Waals surface area contributed by atoms with Gasteiger partial charge in [-0.1, -0.05) is 15.9 Å². The predicted octanol–water partition coefficient (Wildman–Crippen LogP) is 1.42. The molecule has 1 saturated heterocycles. The molecule has 1 unspecified atom stereocenters. The largest absolute Gasteiger partial charge is 0.326 e. The Morgan fingerprint density at radius 2 is 2.24 bits per heavy atom. The molecule has 0 aromatic heterocycles. The Kier molecular flexibility index (Phi) is 3.12. The number of nitrogens with two attached hydrogens (primary N) is 1. The van der Waals surface area contributed by atoms with E-state index >= 15 is 0 Å². The molecule has 1 aromatic rings. The predicted molar refractivity (Wildman–Crippen MR) is 65.7 cm³/mol. The van der Waals surface area contributed by atoms with Crippen LogP contribution in [0.2, 0.25) is 0 Å². The summed E-state index contributed by atoms with van der Waals surface area (Å²) in [5.41, 5.74) is 5.88. The first kappa shape index (κ1) is 12.0. The average molecular weight is 300 g/mol. The Morgan fingerprint density at radius 1 is 1.53 bits per heavy atom. The molecular weight excluding hydrogens is 290 g/mol. The molecule has 1 fully saturated rings. The van der Waals surface area contributed by atoms with E-state index in [0.29, 0.717) is 16.7 Å². The van der Waals surface area contributed by atoms with Crippen molar-refractivity contribution in [3.8, 4) is 0 Å². The van der Waals surface area contributed by atoms with Gasteiger partial charge in [0, 0.05) is 29.5 Å². The fourth-order valence-corrected chi connectivity index (χ4v) is 2.18. The van der Waals surface area contributed by atoms with E-state index in [4.69, 9.17) is 5.73 Å². The Morgan fingerprint density at radius 3 is 2.76 bits per heavy atom. The molecule has 0 saturated carbocycles. The van der Waals surface area contributed by atoms with Crippen LogP contribution in [0.4, 0.5) is 11.4 Å². The van der Waals surface area contributed by atoms with Crippen molar-refractivity contribution in [3.05, 3.63) is 32.8 Å². The number of anilines is 1. The lowest BCUT2D eigenvalue weighted by molar-refractivity contribution is -0.384. The van der Waals surface area contributed by atoms with Crippen LogP contribution in [0.1, 0.15) is 6.42 Å². The third kappa shape index (κ3) is 2.29. The number of carbonyl (C=O) groups excluding carboxylic acids is 1. The maximum Gasteiger partial charge on any atom is 0.293 e. The Bertz CT molecular complexity index is 492. The first-order chi connectivity index (χ1) is 7.99. The van der Waals surface area contributed by atoms with E-state index in [2.05, 4.69) is 15.9 Å². The summed E-state index contributed by atoms with van der Waals surface area (Å²) in [4.78, 5) is 23.4. The molecule has 0 bridgehead atoms. The smallest absolute Gasteiger partial charge is 0.293 e. The molecule has 1 aliphatic heterocycles. The van der Waals surface area contributed by atoms with Gasteiger partial charge in [0.2, 0.25) is 5.91 Å². The van der Waals surface area contributed by atoms with E-state index in [1.54, 1.807) is 12.1 Å². The number of hydrogen-bond donors (Lipinski definition) is 1. The first-order valence-corrected chi connectivity index (χ1v) is 5.78. The summed E-state index contributed by atoms with van der Waals surface area (Å²) in [6.07, 6.45) is 0.226. The highest BCUT2D eigenvalue weighted by molar-refractivity contribution is 9.10.